The molecule has 0 aliphatic carbocycles. The van der Waals surface area contributed by atoms with Crippen LogP contribution < -0.4 is 21.1 Å². The van der Waals surface area contributed by atoms with Crippen LogP contribution in [0, 0.1) is 5.92 Å². The molecule has 0 radical (unpaired) electrons. The Morgan fingerprint density at radius 1 is 1.20 bits per heavy atom. The second-order valence-corrected chi connectivity index (χ2v) is 6.24. The molecule has 1 fully saturated rings. The number of amides is 1. The number of benzene rings is 2. The predicted molar refractivity (Wildman–Crippen MR) is 101 cm³/mol. The molecule has 0 bridgehead atoms. The van der Waals surface area contributed by atoms with Gasteiger partial charge in [-0.1, -0.05) is 49.0 Å². The van der Waals surface area contributed by atoms with Crippen LogP contribution in [0.1, 0.15) is 17.2 Å². The van der Waals surface area contributed by atoms with Gasteiger partial charge in [-0.3, -0.25) is 4.79 Å². The van der Waals surface area contributed by atoms with Crippen LogP contribution in [0.25, 0.3) is 0 Å². The summed E-state index contributed by atoms with van der Waals surface area (Å²) in [4.78, 5) is 11.9. The van der Waals surface area contributed by atoms with Crippen molar-refractivity contribution >= 4 is 23.2 Å². The van der Waals surface area contributed by atoms with E-state index in [1.54, 1.807) is 0 Å². The fraction of sp³-hybridized carbons (Fsp3) is 0.158. The second-order valence-electron chi connectivity index (χ2n) is 5.83. The van der Waals surface area contributed by atoms with Gasteiger partial charge in [0, 0.05) is 5.70 Å². The zero-order chi connectivity index (χ0) is 17.8. The first-order chi connectivity index (χ1) is 12.0. The van der Waals surface area contributed by atoms with E-state index in [0.29, 0.717) is 23.2 Å². The van der Waals surface area contributed by atoms with Gasteiger partial charge in [0.05, 0.1) is 6.04 Å². The summed E-state index contributed by atoms with van der Waals surface area (Å²) in [6.45, 7) is 4.34. The Bertz CT molecular complexity index is 807. The number of carbonyl (C=O) groups excluding carboxylic acids is 1. The number of carbonyl (C=O) groups is 1. The molecule has 4 N–H and O–H groups in total. The molecular weight excluding hydrogens is 334 g/mol. The minimum absolute atomic E-state index is 0.376. The van der Waals surface area contributed by atoms with Crippen molar-refractivity contribution in [3.05, 3.63) is 78.0 Å². The summed E-state index contributed by atoms with van der Waals surface area (Å²) in [5.41, 5.74) is 7.99. The average molecular weight is 353 g/mol. The lowest BCUT2D eigenvalue weighted by Crippen LogP contribution is -2.52. The summed E-state index contributed by atoms with van der Waals surface area (Å²) in [6, 6.07) is 17.1. The number of rotatable bonds is 5. The highest BCUT2D eigenvalue weighted by Crippen LogP contribution is 2.31. The van der Waals surface area contributed by atoms with Crippen LogP contribution in [0.15, 0.2) is 66.9 Å². The summed E-state index contributed by atoms with van der Waals surface area (Å²) in [5, 5.41) is 6.38. The van der Waals surface area contributed by atoms with Gasteiger partial charge in [-0.25, -0.2) is 0 Å². The topological polar surface area (TPSA) is 76.4 Å². The summed E-state index contributed by atoms with van der Waals surface area (Å²) in [6.07, 6.45) is 0. The molecule has 25 heavy (non-hydrogen) atoms. The van der Waals surface area contributed by atoms with Crippen LogP contribution in [0.3, 0.4) is 0 Å². The van der Waals surface area contributed by atoms with E-state index in [9.17, 15) is 4.79 Å². The Balaban J connectivity index is 1.80. The van der Waals surface area contributed by atoms with E-state index >= 15 is 0 Å². The minimum atomic E-state index is -0.601. The molecule has 1 heterocycles. The zero-order valence-corrected chi connectivity index (χ0v) is 14.4. The van der Waals surface area contributed by atoms with Crippen molar-refractivity contribution in [3.8, 4) is 5.75 Å². The number of ether oxygens (including phenoxy) is 1. The Morgan fingerprint density at radius 3 is 2.68 bits per heavy atom. The molecule has 1 aliphatic heterocycles. The molecule has 128 valence electrons. The quantitative estimate of drug-likeness (QED) is 0.720. The summed E-state index contributed by atoms with van der Waals surface area (Å²) >= 11 is 5.18. The normalized spacial score (nSPS) is 19.7. The van der Waals surface area contributed by atoms with Gasteiger partial charge in [-0.05, 0) is 35.5 Å². The van der Waals surface area contributed by atoms with Crippen LogP contribution in [0.4, 0.5) is 0 Å². The van der Waals surface area contributed by atoms with Crippen LogP contribution in [-0.2, 0) is 11.4 Å². The van der Waals surface area contributed by atoms with Gasteiger partial charge in [0.1, 0.15) is 18.3 Å². The van der Waals surface area contributed by atoms with Crippen molar-refractivity contribution in [1.29, 1.82) is 0 Å². The van der Waals surface area contributed by atoms with Crippen LogP contribution >= 0.6 is 12.2 Å². The molecule has 2 aromatic carbocycles. The van der Waals surface area contributed by atoms with Crippen molar-refractivity contribution in [2.75, 3.05) is 0 Å². The van der Waals surface area contributed by atoms with Crippen LogP contribution in [0.5, 0.6) is 5.75 Å². The Morgan fingerprint density at radius 2 is 1.96 bits per heavy atom. The van der Waals surface area contributed by atoms with Gasteiger partial charge >= 0.3 is 0 Å². The fourth-order valence-corrected chi connectivity index (χ4v) is 3.09. The van der Waals surface area contributed by atoms with Gasteiger partial charge in [0.15, 0.2) is 5.11 Å². The van der Waals surface area contributed by atoms with Gasteiger partial charge in [0.25, 0.3) is 0 Å². The number of primary amides is 1. The first-order valence-electron chi connectivity index (χ1n) is 7.87. The van der Waals surface area contributed by atoms with E-state index < -0.39 is 11.8 Å². The standard InChI is InChI=1S/C19H19N3O2S/c1-12-16(18(20)23)17(22-19(25)21-12)14-8-5-9-15(10-14)24-11-13-6-3-2-4-7-13/h2-10,16-17H,1,11H2,(H2,20,23)(H2,21,22,25)/t16-,17+/m1/s1. The van der Waals surface area contributed by atoms with Gasteiger partial charge < -0.3 is 21.1 Å². The van der Waals surface area contributed by atoms with Crippen molar-refractivity contribution in [3.63, 3.8) is 0 Å². The summed E-state index contributed by atoms with van der Waals surface area (Å²) < 4.78 is 5.86. The molecule has 5 nitrogen and oxygen atoms in total. The number of nitrogens with one attached hydrogen (secondary N) is 2. The van der Waals surface area contributed by atoms with Gasteiger partial charge in [-0.15, -0.1) is 0 Å². The van der Waals surface area contributed by atoms with E-state index in [2.05, 4.69) is 17.2 Å². The van der Waals surface area contributed by atoms with Gasteiger partial charge in [0.2, 0.25) is 5.91 Å². The lowest BCUT2D eigenvalue weighted by Gasteiger charge is -2.34. The first-order valence-corrected chi connectivity index (χ1v) is 8.28. The second kappa shape index (κ2) is 7.36. The van der Waals surface area contributed by atoms with E-state index in [-0.39, 0.29) is 6.04 Å². The lowest BCUT2D eigenvalue weighted by molar-refractivity contribution is -0.121. The first kappa shape index (κ1) is 17.0. The maximum absolute atomic E-state index is 11.9. The molecule has 1 saturated heterocycles. The van der Waals surface area contributed by atoms with Crippen molar-refractivity contribution in [2.24, 2.45) is 11.7 Å². The van der Waals surface area contributed by atoms with E-state index in [0.717, 1.165) is 11.1 Å². The number of thiocarbonyl (C=S) groups is 1. The molecule has 2 aromatic rings. The smallest absolute Gasteiger partial charge is 0.228 e. The van der Waals surface area contributed by atoms with E-state index in [1.807, 2.05) is 54.6 Å². The molecule has 0 aromatic heterocycles. The Kier molecular flexibility index (Phi) is 5.00. The highest BCUT2D eigenvalue weighted by molar-refractivity contribution is 7.80. The molecule has 2 atom stereocenters. The summed E-state index contributed by atoms with van der Waals surface area (Å²) in [5.74, 6) is -0.356. The Labute approximate surface area is 151 Å². The molecule has 6 heteroatoms. The maximum atomic E-state index is 11.9. The van der Waals surface area contributed by atoms with Crippen molar-refractivity contribution < 1.29 is 9.53 Å². The number of hydrogen-bond donors (Lipinski definition) is 3. The maximum Gasteiger partial charge on any atom is 0.228 e. The van der Waals surface area contributed by atoms with Crippen molar-refractivity contribution in [2.45, 2.75) is 12.6 Å². The SMILES string of the molecule is C=C1NC(=S)N[C@@H](c2cccc(OCc3ccccc3)c2)[C@@H]1C(N)=O. The summed E-state index contributed by atoms with van der Waals surface area (Å²) in [7, 11) is 0. The number of hydrogen-bond acceptors (Lipinski definition) is 3. The van der Waals surface area contributed by atoms with Crippen molar-refractivity contribution in [1.82, 2.24) is 10.6 Å². The number of nitrogens with two attached hydrogens (primary N) is 1. The van der Waals surface area contributed by atoms with E-state index in [4.69, 9.17) is 22.7 Å². The highest BCUT2D eigenvalue weighted by Gasteiger charge is 2.35. The average Bonchev–Trinajstić information content (AvgIpc) is 2.60. The minimum Gasteiger partial charge on any atom is -0.489 e. The Hall–Kier alpha value is -2.86. The van der Waals surface area contributed by atoms with E-state index in [1.165, 1.54) is 0 Å². The monoisotopic (exact) mass is 353 g/mol. The molecule has 1 aliphatic rings. The zero-order valence-electron chi connectivity index (χ0n) is 13.6. The third kappa shape index (κ3) is 3.97. The van der Waals surface area contributed by atoms with Crippen LogP contribution in [-0.4, -0.2) is 11.0 Å². The third-order valence-corrected chi connectivity index (χ3v) is 4.26. The highest BCUT2D eigenvalue weighted by atomic mass is 32.1. The molecule has 0 unspecified atom stereocenters. The molecule has 0 saturated carbocycles. The van der Waals surface area contributed by atoms with Gasteiger partial charge in [-0.2, -0.15) is 0 Å². The third-order valence-electron chi connectivity index (χ3n) is 4.04. The van der Waals surface area contributed by atoms with Crippen LogP contribution in [0.2, 0.25) is 0 Å². The lowest BCUT2D eigenvalue weighted by atomic mass is 9.88. The molecule has 1 amide bonds. The fourth-order valence-electron chi connectivity index (χ4n) is 2.84. The largest absolute Gasteiger partial charge is 0.489 e. The molecular formula is C19H19N3O2S. The molecule has 0 spiro atoms. The molecule has 3 rings (SSSR count). The predicted octanol–water partition coefficient (Wildman–Crippen LogP) is 2.40.